The molecule has 102 valence electrons. The van der Waals surface area contributed by atoms with Crippen LogP contribution in [0.2, 0.25) is 0 Å². The third kappa shape index (κ3) is 3.46. The van der Waals surface area contributed by atoms with E-state index in [1.807, 2.05) is 6.92 Å². The first-order valence-corrected chi connectivity index (χ1v) is 5.93. The molecule has 0 aromatic carbocycles. The van der Waals surface area contributed by atoms with Crippen molar-refractivity contribution in [2.45, 2.75) is 38.0 Å². The van der Waals surface area contributed by atoms with E-state index in [4.69, 9.17) is 9.84 Å². The molecule has 6 heteroatoms. The number of methoxy groups -OCH3 is 1. The van der Waals surface area contributed by atoms with Gasteiger partial charge in [0, 0.05) is 26.1 Å². The van der Waals surface area contributed by atoms with E-state index in [1.165, 1.54) is 12.0 Å². The lowest BCUT2D eigenvalue weighted by Gasteiger charge is -2.23. The van der Waals surface area contributed by atoms with E-state index in [9.17, 15) is 9.59 Å². The van der Waals surface area contributed by atoms with Crippen molar-refractivity contribution in [3.8, 4) is 0 Å². The fourth-order valence-corrected chi connectivity index (χ4v) is 2.03. The van der Waals surface area contributed by atoms with Gasteiger partial charge in [-0.05, 0) is 13.3 Å². The first kappa shape index (κ1) is 14.5. The van der Waals surface area contributed by atoms with Crippen molar-refractivity contribution in [2.75, 3.05) is 13.7 Å². The predicted octanol–water partition coefficient (Wildman–Crippen LogP) is 0.834. The summed E-state index contributed by atoms with van der Waals surface area (Å²) in [6.45, 7) is 5.75. The number of ether oxygens (including phenoxy) is 1. The highest BCUT2D eigenvalue weighted by molar-refractivity contribution is 5.83. The number of carbonyl (C=O) groups excluding carboxylic acids is 1. The van der Waals surface area contributed by atoms with Gasteiger partial charge in [-0.1, -0.05) is 6.08 Å². The molecule has 1 aliphatic rings. The van der Waals surface area contributed by atoms with Gasteiger partial charge in [-0.3, -0.25) is 0 Å². The van der Waals surface area contributed by atoms with Gasteiger partial charge in [0.05, 0.1) is 6.10 Å². The summed E-state index contributed by atoms with van der Waals surface area (Å²) >= 11 is 0. The topological polar surface area (TPSA) is 78.9 Å². The summed E-state index contributed by atoms with van der Waals surface area (Å²) in [5, 5.41) is 11.8. The standard InChI is InChI=1S/C12H20N2O4/c1-4-5-8(2)13-12(17)14-7-9(18-3)6-10(14)11(15)16/h4,8-10H,1,5-7H2,2-3H3,(H,13,17)(H,15,16). The van der Waals surface area contributed by atoms with Crippen molar-refractivity contribution < 1.29 is 19.4 Å². The smallest absolute Gasteiger partial charge is 0.326 e. The van der Waals surface area contributed by atoms with Gasteiger partial charge < -0.3 is 20.1 Å². The van der Waals surface area contributed by atoms with Crippen molar-refractivity contribution in [3.63, 3.8) is 0 Å². The zero-order valence-corrected chi connectivity index (χ0v) is 10.8. The quantitative estimate of drug-likeness (QED) is 0.714. The molecule has 6 nitrogen and oxygen atoms in total. The van der Waals surface area contributed by atoms with E-state index in [-0.39, 0.29) is 18.2 Å². The molecule has 0 aromatic rings. The Hall–Kier alpha value is -1.56. The minimum atomic E-state index is -0.999. The molecule has 3 atom stereocenters. The molecule has 2 N–H and O–H groups in total. The minimum absolute atomic E-state index is 0.0639. The molecule has 1 aliphatic heterocycles. The van der Waals surface area contributed by atoms with Crippen LogP contribution in [0.1, 0.15) is 19.8 Å². The molecule has 1 heterocycles. The number of carboxylic acid groups (broad SMARTS) is 1. The third-order valence-corrected chi connectivity index (χ3v) is 3.03. The molecule has 0 aromatic heterocycles. The highest BCUT2D eigenvalue weighted by atomic mass is 16.5. The molecule has 1 rings (SSSR count). The lowest BCUT2D eigenvalue weighted by Crippen LogP contribution is -2.48. The number of rotatable bonds is 5. The van der Waals surface area contributed by atoms with Crippen molar-refractivity contribution >= 4 is 12.0 Å². The minimum Gasteiger partial charge on any atom is -0.480 e. The molecule has 1 saturated heterocycles. The Kier molecular flexibility index (Phi) is 5.15. The van der Waals surface area contributed by atoms with Gasteiger partial charge in [0.2, 0.25) is 0 Å². The Morgan fingerprint density at radius 1 is 1.67 bits per heavy atom. The molecular weight excluding hydrogens is 236 g/mol. The van der Waals surface area contributed by atoms with Gasteiger partial charge in [0.25, 0.3) is 0 Å². The fraction of sp³-hybridized carbons (Fsp3) is 0.667. The average Bonchev–Trinajstić information content (AvgIpc) is 2.73. The highest BCUT2D eigenvalue weighted by Crippen LogP contribution is 2.20. The van der Waals surface area contributed by atoms with Crippen molar-refractivity contribution in [2.24, 2.45) is 0 Å². The van der Waals surface area contributed by atoms with Gasteiger partial charge in [-0.15, -0.1) is 6.58 Å². The largest absolute Gasteiger partial charge is 0.480 e. The number of amides is 2. The summed E-state index contributed by atoms with van der Waals surface area (Å²) in [6, 6.07) is -1.24. The maximum Gasteiger partial charge on any atom is 0.326 e. The number of carboxylic acids is 1. The second kappa shape index (κ2) is 6.39. The van der Waals surface area contributed by atoms with E-state index < -0.39 is 12.0 Å². The number of nitrogens with one attached hydrogen (secondary N) is 1. The van der Waals surface area contributed by atoms with Crippen molar-refractivity contribution in [1.82, 2.24) is 10.2 Å². The van der Waals surface area contributed by atoms with Crippen LogP contribution in [0.5, 0.6) is 0 Å². The summed E-state index contributed by atoms with van der Waals surface area (Å²) in [5.74, 6) is -0.999. The zero-order valence-electron chi connectivity index (χ0n) is 10.8. The molecule has 0 saturated carbocycles. The van der Waals surface area contributed by atoms with Crippen LogP contribution in [-0.2, 0) is 9.53 Å². The average molecular weight is 256 g/mol. The summed E-state index contributed by atoms with van der Waals surface area (Å²) in [5.41, 5.74) is 0. The Morgan fingerprint density at radius 2 is 2.33 bits per heavy atom. The predicted molar refractivity (Wildman–Crippen MR) is 66.4 cm³/mol. The maximum absolute atomic E-state index is 12.0. The molecule has 0 aliphatic carbocycles. The van der Waals surface area contributed by atoms with Gasteiger partial charge in [0.15, 0.2) is 0 Å². The van der Waals surface area contributed by atoms with Crippen LogP contribution in [-0.4, -0.2) is 53.8 Å². The molecule has 3 unspecified atom stereocenters. The molecule has 0 bridgehead atoms. The van der Waals surface area contributed by atoms with Crippen LogP contribution < -0.4 is 5.32 Å². The molecule has 18 heavy (non-hydrogen) atoms. The first-order valence-electron chi connectivity index (χ1n) is 5.93. The lowest BCUT2D eigenvalue weighted by molar-refractivity contribution is -0.141. The Morgan fingerprint density at radius 3 is 2.83 bits per heavy atom. The van der Waals surface area contributed by atoms with Crippen LogP contribution in [0.4, 0.5) is 4.79 Å². The molecule has 0 spiro atoms. The van der Waals surface area contributed by atoms with E-state index in [0.717, 1.165) is 0 Å². The fourth-order valence-electron chi connectivity index (χ4n) is 2.03. The van der Waals surface area contributed by atoms with Crippen LogP contribution in [0, 0.1) is 0 Å². The number of likely N-dealkylation sites (tertiary alicyclic amines) is 1. The summed E-state index contributed by atoms with van der Waals surface area (Å²) in [4.78, 5) is 24.4. The number of urea groups is 1. The van der Waals surface area contributed by atoms with Crippen LogP contribution in [0.15, 0.2) is 12.7 Å². The summed E-state index contributed by atoms with van der Waals surface area (Å²) in [7, 11) is 1.52. The Labute approximate surface area is 107 Å². The van der Waals surface area contributed by atoms with E-state index >= 15 is 0 Å². The molecule has 0 radical (unpaired) electrons. The van der Waals surface area contributed by atoms with Gasteiger partial charge >= 0.3 is 12.0 Å². The number of hydrogen-bond acceptors (Lipinski definition) is 3. The van der Waals surface area contributed by atoms with E-state index in [0.29, 0.717) is 19.4 Å². The van der Waals surface area contributed by atoms with Gasteiger partial charge in [0.1, 0.15) is 6.04 Å². The van der Waals surface area contributed by atoms with Crippen molar-refractivity contribution in [1.29, 1.82) is 0 Å². The van der Waals surface area contributed by atoms with Crippen molar-refractivity contribution in [3.05, 3.63) is 12.7 Å². The van der Waals surface area contributed by atoms with E-state index in [2.05, 4.69) is 11.9 Å². The van der Waals surface area contributed by atoms with Gasteiger partial charge in [-0.25, -0.2) is 9.59 Å². The second-order valence-corrected chi connectivity index (χ2v) is 4.47. The third-order valence-electron chi connectivity index (χ3n) is 3.03. The van der Waals surface area contributed by atoms with Crippen LogP contribution in [0.3, 0.4) is 0 Å². The van der Waals surface area contributed by atoms with Crippen LogP contribution in [0.25, 0.3) is 0 Å². The Balaban J connectivity index is 2.64. The number of carbonyl (C=O) groups is 2. The second-order valence-electron chi connectivity index (χ2n) is 4.47. The van der Waals surface area contributed by atoms with E-state index in [1.54, 1.807) is 6.08 Å². The maximum atomic E-state index is 12.0. The number of aliphatic carboxylic acids is 1. The Bertz CT molecular complexity index is 332. The molecule has 1 fully saturated rings. The summed E-state index contributed by atoms with van der Waals surface area (Å²) < 4.78 is 5.12. The zero-order chi connectivity index (χ0) is 13.7. The highest BCUT2D eigenvalue weighted by Gasteiger charge is 2.39. The SMILES string of the molecule is C=CCC(C)NC(=O)N1CC(OC)CC1C(=O)O. The summed E-state index contributed by atoms with van der Waals surface area (Å²) in [6.07, 6.45) is 2.47. The monoisotopic (exact) mass is 256 g/mol. The number of nitrogens with zero attached hydrogens (tertiary/aromatic N) is 1. The number of hydrogen-bond donors (Lipinski definition) is 2. The first-order chi connectivity index (χ1) is 8.49. The van der Waals surface area contributed by atoms with Crippen LogP contribution >= 0.6 is 0 Å². The molecular formula is C12H20N2O4. The molecule has 2 amide bonds. The normalized spacial score (nSPS) is 24.7. The lowest BCUT2D eigenvalue weighted by atomic mass is 10.2. The van der Waals surface area contributed by atoms with Gasteiger partial charge in [-0.2, -0.15) is 0 Å².